The number of hydrogen-bond acceptors (Lipinski definition) is 5. The largest absolute Gasteiger partial charge is 0.352 e. The van der Waals surface area contributed by atoms with E-state index in [-0.39, 0.29) is 42.3 Å². The van der Waals surface area contributed by atoms with E-state index >= 15 is 0 Å². The van der Waals surface area contributed by atoms with E-state index in [9.17, 15) is 18.0 Å². The quantitative estimate of drug-likeness (QED) is 0.742. The summed E-state index contributed by atoms with van der Waals surface area (Å²) in [6, 6.07) is 10.7. The minimum atomic E-state index is -3.02. The van der Waals surface area contributed by atoms with Gasteiger partial charge < -0.3 is 10.6 Å². The molecule has 1 aromatic carbocycles. The summed E-state index contributed by atoms with van der Waals surface area (Å²) in [4.78, 5) is 25.6. The van der Waals surface area contributed by atoms with Crippen molar-refractivity contribution in [3.8, 4) is 10.4 Å². The number of hydrogen-bond donors (Lipinski definition) is 2. The SMILES string of the molecule is O=C(CCNC(=O)c1ccc(-c2ccc(Cl)cc2)s1)NC1CCS(=O)(=O)C1. The molecule has 1 aromatic heterocycles. The van der Waals surface area contributed by atoms with Gasteiger partial charge in [-0.25, -0.2) is 8.42 Å². The average molecular weight is 427 g/mol. The number of nitrogens with one attached hydrogen (secondary N) is 2. The Bertz CT molecular complexity index is 939. The fraction of sp³-hybridized carbons (Fsp3) is 0.333. The van der Waals surface area contributed by atoms with Crippen molar-refractivity contribution in [1.29, 1.82) is 0 Å². The molecule has 2 amide bonds. The van der Waals surface area contributed by atoms with Gasteiger partial charge in [-0.1, -0.05) is 23.7 Å². The Morgan fingerprint density at radius 2 is 1.89 bits per heavy atom. The first-order valence-electron chi connectivity index (χ1n) is 8.46. The van der Waals surface area contributed by atoms with Crippen molar-refractivity contribution in [2.24, 2.45) is 0 Å². The van der Waals surface area contributed by atoms with E-state index in [1.54, 1.807) is 18.2 Å². The molecule has 0 aliphatic carbocycles. The molecule has 1 aliphatic rings. The molecule has 0 spiro atoms. The van der Waals surface area contributed by atoms with Gasteiger partial charge in [0.15, 0.2) is 9.84 Å². The Morgan fingerprint density at radius 1 is 1.15 bits per heavy atom. The van der Waals surface area contributed by atoms with Gasteiger partial charge in [-0.05, 0) is 36.2 Å². The summed E-state index contributed by atoms with van der Waals surface area (Å²) in [6.07, 6.45) is 0.556. The number of carbonyl (C=O) groups excluding carboxylic acids is 2. The third kappa shape index (κ3) is 5.54. The van der Waals surface area contributed by atoms with Crippen LogP contribution < -0.4 is 10.6 Å². The summed E-state index contributed by atoms with van der Waals surface area (Å²) in [5.41, 5.74) is 0.981. The predicted octanol–water partition coefficient (Wildman–Crippen LogP) is 2.49. The number of amides is 2. The van der Waals surface area contributed by atoms with Gasteiger partial charge in [0.1, 0.15) is 0 Å². The van der Waals surface area contributed by atoms with E-state index in [0.717, 1.165) is 10.4 Å². The molecule has 1 unspecified atom stereocenters. The molecule has 9 heteroatoms. The van der Waals surface area contributed by atoms with Crippen LogP contribution in [0.3, 0.4) is 0 Å². The van der Waals surface area contributed by atoms with Crippen LogP contribution in [0, 0.1) is 0 Å². The Labute approximate surface area is 166 Å². The first-order valence-corrected chi connectivity index (χ1v) is 11.5. The van der Waals surface area contributed by atoms with Gasteiger partial charge in [0.05, 0.1) is 16.4 Å². The molecular weight excluding hydrogens is 408 g/mol. The van der Waals surface area contributed by atoms with Crippen molar-refractivity contribution in [2.75, 3.05) is 18.1 Å². The Balaban J connectivity index is 1.45. The maximum absolute atomic E-state index is 12.2. The second kappa shape index (κ2) is 8.41. The van der Waals surface area contributed by atoms with E-state index < -0.39 is 9.84 Å². The van der Waals surface area contributed by atoms with Crippen molar-refractivity contribution in [3.63, 3.8) is 0 Å². The molecule has 0 saturated carbocycles. The van der Waals surface area contributed by atoms with Crippen molar-refractivity contribution in [1.82, 2.24) is 10.6 Å². The lowest BCUT2D eigenvalue weighted by Crippen LogP contribution is -2.37. The van der Waals surface area contributed by atoms with Crippen molar-refractivity contribution in [3.05, 3.63) is 46.3 Å². The maximum Gasteiger partial charge on any atom is 0.261 e. The molecule has 1 fully saturated rings. The Morgan fingerprint density at radius 3 is 2.56 bits per heavy atom. The Hall–Kier alpha value is -1.90. The number of benzene rings is 1. The van der Waals surface area contributed by atoms with Crippen LogP contribution in [0.2, 0.25) is 5.02 Å². The summed E-state index contributed by atoms with van der Waals surface area (Å²) in [5.74, 6) is -0.390. The second-order valence-electron chi connectivity index (χ2n) is 6.34. The van der Waals surface area contributed by atoms with Gasteiger partial charge in [-0.2, -0.15) is 0 Å². The molecule has 0 bridgehead atoms. The van der Waals surface area contributed by atoms with Crippen LogP contribution in [0.15, 0.2) is 36.4 Å². The smallest absolute Gasteiger partial charge is 0.261 e. The second-order valence-corrected chi connectivity index (χ2v) is 10.1. The summed E-state index contributed by atoms with van der Waals surface area (Å²) < 4.78 is 22.8. The predicted molar refractivity (Wildman–Crippen MR) is 107 cm³/mol. The number of rotatable bonds is 6. The highest BCUT2D eigenvalue weighted by Gasteiger charge is 2.28. The fourth-order valence-corrected chi connectivity index (χ4v) is 5.54. The van der Waals surface area contributed by atoms with E-state index in [0.29, 0.717) is 16.3 Å². The van der Waals surface area contributed by atoms with Crippen LogP contribution in [0.1, 0.15) is 22.5 Å². The highest BCUT2D eigenvalue weighted by atomic mass is 35.5. The lowest BCUT2D eigenvalue weighted by Gasteiger charge is -2.10. The number of carbonyl (C=O) groups is 2. The number of thiophene rings is 1. The van der Waals surface area contributed by atoms with Crippen LogP contribution in [-0.2, 0) is 14.6 Å². The highest BCUT2D eigenvalue weighted by Crippen LogP contribution is 2.29. The normalized spacial score (nSPS) is 18.2. The summed E-state index contributed by atoms with van der Waals surface area (Å²) in [6.45, 7) is 0.193. The van der Waals surface area contributed by atoms with Crippen molar-refractivity contribution >= 4 is 44.6 Å². The van der Waals surface area contributed by atoms with Gasteiger partial charge >= 0.3 is 0 Å². The van der Waals surface area contributed by atoms with E-state index in [1.165, 1.54) is 11.3 Å². The van der Waals surface area contributed by atoms with Crippen molar-refractivity contribution in [2.45, 2.75) is 18.9 Å². The highest BCUT2D eigenvalue weighted by molar-refractivity contribution is 7.91. The first kappa shape index (κ1) is 19.9. The van der Waals surface area contributed by atoms with E-state index in [2.05, 4.69) is 10.6 Å². The summed E-state index contributed by atoms with van der Waals surface area (Å²) in [7, 11) is -3.02. The van der Waals surface area contributed by atoms with Crippen LogP contribution >= 0.6 is 22.9 Å². The molecule has 1 atom stereocenters. The van der Waals surface area contributed by atoms with Crippen LogP contribution in [0.4, 0.5) is 0 Å². The third-order valence-electron chi connectivity index (χ3n) is 4.19. The molecule has 2 aromatic rings. The zero-order valence-electron chi connectivity index (χ0n) is 14.4. The van der Waals surface area contributed by atoms with Gasteiger partial charge in [0.2, 0.25) is 5.91 Å². The average Bonchev–Trinajstić information content (AvgIpc) is 3.22. The fourth-order valence-electron chi connectivity index (χ4n) is 2.81. The van der Waals surface area contributed by atoms with Crippen LogP contribution in [0.25, 0.3) is 10.4 Å². The molecule has 0 radical (unpaired) electrons. The van der Waals surface area contributed by atoms with Crippen molar-refractivity contribution < 1.29 is 18.0 Å². The molecule has 2 N–H and O–H groups in total. The molecule has 27 heavy (non-hydrogen) atoms. The van der Waals surface area contributed by atoms with Gasteiger partial charge in [-0.15, -0.1) is 11.3 Å². The molecule has 1 saturated heterocycles. The molecule has 1 aliphatic heterocycles. The minimum absolute atomic E-state index is 0.00618. The molecule has 2 heterocycles. The maximum atomic E-state index is 12.2. The monoisotopic (exact) mass is 426 g/mol. The number of halogens is 1. The van der Waals surface area contributed by atoms with Gasteiger partial charge in [0, 0.05) is 28.9 Å². The molecule has 6 nitrogen and oxygen atoms in total. The lowest BCUT2D eigenvalue weighted by molar-refractivity contribution is -0.121. The zero-order valence-corrected chi connectivity index (χ0v) is 16.8. The number of sulfone groups is 1. The third-order valence-corrected chi connectivity index (χ3v) is 7.35. The van der Waals surface area contributed by atoms with Crippen LogP contribution in [0.5, 0.6) is 0 Å². The van der Waals surface area contributed by atoms with Gasteiger partial charge in [0.25, 0.3) is 5.91 Å². The van der Waals surface area contributed by atoms with Crippen LogP contribution in [-0.4, -0.2) is 44.3 Å². The standard InChI is InChI=1S/C18H19ClN2O4S2/c19-13-3-1-12(2-4-13)15-5-6-16(26-15)18(23)20-9-7-17(22)21-14-8-10-27(24,25)11-14/h1-6,14H,7-11H2,(H,20,23)(H,21,22). The van der Waals surface area contributed by atoms with E-state index in [4.69, 9.17) is 11.6 Å². The minimum Gasteiger partial charge on any atom is -0.352 e. The summed E-state index contributed by atoms with van der Waals surface area (Å²) in [5, 5.41) is 6.07. The molecule has 3 rings (SSSR count). The zero-order chi connectivity index (χ0) is 19.4. The van der Waals surface area contributed by atoms with Gasteiger partial charge in [-0.3, -0.25) is 9.59 Å². The Kier molecular flexibility index (Phi) is 6.18. The summed E-state index contributed by atoms with van der Waals surface area (Å²) >= 11 is 7.24. The molecule has 144 valence electrons. The first-order chi connectivity index (χ1) is 12.8. The molecular formula is C18H19ClN2O4S2. The topological polar surface area (TPSA) is 92.3 Å². The lowest BCUT2D eigenvalue weighted by atomic mass is 10.2. The van der Waals surface area contributed by atoms with E-state index in [1.807, 2.05) is 18.2 Å².